The van der Waals surface area contributed by atoms with Gasteiger partial charge in [0.05, 0.1) is 19.5 Å². The van der Waals surface area contributed by atoms with Crippen LogP contribution in [-0.4, -0.2) is 83.1 Å². The zero-order valence-electron chi connectivity index (χ0n) is 12.7. The average Bonchev–Trinajstić information content (AvgIpc) is 2.35. The van der Waals surface area contributed by atoms with Crippen LogP contribution in [-0.2, 0) is 9.59 Å². The maximum absolute atomic E-state index is 11.8. The molecule has 0 aromatic rings. The molecule has 0 bridgehead atoms. The van der Waals surface area contributed by atoms with Crippen LogP contribution < -0.4 is 11.5 Å². The van der Waals surface area contributed by atoms with Gasteiger partial charge >= 0.3 is 0 Å². The van der Waals surface area contributed by atoms with Gasteiger partial charge in [-0.15, -0.1) is 0 Å². The first-order chi connectivity index (χ1) is 9.56. The zero-order valence-corrected chi connectivity index (χ0v) is 14.3. The van der Waals surface area contributed by atoms with Crippen molar-refractivity contribution in [3.8, 4) is 0 Å². The van der Waals surface area contributed by atoms with E-state index in [0.717, 1.165) is 0 Å². The van der Waals surface area contributed by atoms with Gasteiger partial charge in [-0.3, -0.25) is 19.6 Å². The van der Waals surface area contributed by atoms with Crippen molar-refractivity contribution in [2.75, 3.05) is 41.3 Å². The van der Waals surface area contributed by atoms with E-state index in [9.17, 15) is 9.59 Å². The molecule has 21 heavy (non-hydrogen) atoms. The molecule has 0 amide bonds. The maximum Gasteiger partial charge on any atom is 0.180 e. The van der Waals surface area contributed by atoms with E-state index in [1.165, 1.54) is 10.0 Å². The third kappa shape index (κ3) is 7.27. The van der Waals surface area contributed by atoms with E-state index in [-0.39, 0.29) is 41.3 Å². The number of hydrazine groups is 2. The highest BCUT2D eigenvalue weighted by atomic mass is 32.1. The predicted octanol–water partition coefficient (Wildman–Crippen LogP) is -1.44. The molecule has 10 heteroatoms. The number of nitrogens with two attached hydrogens (primary N) is 2. The fourth-order valence-electron chi connectivity index (χ4n) is 1.39. The molecule has 0 saturated carbocycles. The first-order valence-corrected chi connectivity index (χ1v) is 6.89. The normalized spacial score (nSPS) is 10.6. The van der Waals surface area contributed by atoms with E-state index >= 15 is 0 Å². The number of ketones is 2. The Morgan fingerprint density at radius 2 is 1.10 bits per heavy atom. The van der Waals surface area contributed by atoms with Crippen molar-refractivity contribution in [1.29, 1.82) is 0 Å². The Hall–Kier alpha value is -1.36. The Kier molecular flexibility index (Phi) is 8.25. The fourth-order valence-corrected chi connectivity index (χ4v) is 1.67. The first kappa shape index (κ1) is 19.6. The summed E-state index contributed by atoms with van der Waals surface area (Å²) in [6.07, 6.45) is -0.176. The summed E-state index contributed by atoms with van der Waals surface area (Å²) in [5.74, 6) is -0.450. The number of carbonyl (C=O) groups excluding carboxylic acids is 2. The highest BCUT2D eigenvalue weighted by molar-refractivity contribution is 7.80. The molecular weight excluding hydrogens is 312 g/mol. The summed E-state index contributed by atoms with van der Waals surface area (Å²) in [6.45, 7) is 0.100. The second-order valence-electron chi connectivity index (χ2n) is 4.61. The Morgan fingerprint density at radius 1 is 0.810 bits per heavy atom. The SMILES string of the molecule is CN(CC(=O)CC(=O)CN(C)N(C)C(N)=S)N(C)C(N)=S. The maximum atomic E-state index is 11.8. The minimum absolute atomic E-state index is 0.0500. The van der Waals surface area contributed by atoms with Crippen molar-refractivity contribution >= 4 is 46.2 Å². The minimum Gasteiger partial charge on any atom is -0.375 e. The van der Waals surface area contributed by atoms with Crippen LogP contribution in [0, 0.1) is 0 Å². The van der Waals surface area contributed by atoms with Crippen molar-refractivity contribution < 1.29 is 9.59 Å². The summed E-state index contributed by atoms with van der Waals surface area (Å²) in [6, 6.07) is 0. The average molecular weight is 334 g/mol. The van der Waals surface area contributed by atoms with Crippen LogP contribution >= 0.6 is 24.4 Å². The molecule has 0 unspecified atom stereocenters. The molecule has 0 aliphatic rings. The molecule has 0 aromatic carbocycles. The van der Waals surface area contributed by atoms with Gasteiger partial charge in [0.2, 0.25) is 0 Å². The van der Waals surface area contributed by atoms with Crippen LogP contribution in [0.25, 0.3) is 0 Å². The van der Waals surface area contributed by atoms with E-state index in [1.807, 2.05) is 0 Å². The third-order valence-electron chi connectivity index (χ3n) is 2.87. The lowest BCUT2D eigenvalue weighted by molar-refractivity contribution is -0.130. The van der Waals surface area contributed by atoms with Gasteiger partial charge in [-0.05, 0) is 24.4 Å². The van der Waals surface area contributed by atoms with Crippen molar-refractivity contribution in [3.63, 3.8) is 0 Å². The zero-order chi connectivity index (χ0) is 16.7. The van der Waals surface area contributed by atoms with Crippen LogP contribution in [0.1, 0.15) is 6.42 Å². The van der Waals surface area contributed by atoms with Gasteiger partial charge in [0.25, 0.3) is 0 Å². The van der Waals surface area contributed by atoms with Crippen LogP contribution in [0.2, 0.25) is 0 Å². The Morgan fingerprint density at radius 3 is 1.33 bits per heavy atom. The van der Waals surface area contributed by atoms with Crippen LogP contribution in [0.15, 0.2) is 0 Å². The lowest BCUT2D eigenvalue weighted by Gasteiger charge is -2.28. The highest BCUT2D eigenvalue weighted by Crippen LogP contribution is 1.97. The first-order valence-electron chi connectivity index (χ1n) is 6.08. The number of rotatable bonds is 8. The summed E-state index contributed by atoms with van der Waals surface area (Å²) in [5.41, 5.74) is 10.9. The standard InChI is InChI=1S/C11H22N6O2S2/c1-14(16(3)10(12)20)6-8(18)5-9(19)7-15(2)17(4)11(13)21/h5-7H2,1-4H3,(H2,12,20)(H2,13,21). The Bertz CT molecular complexity index is 393. The lowest BCUT2D eigenvalue weighted by Crippen LogP contribution is -2.47. The number of Topliss-reactive ketones (excluding diaryl/α,β-unsaturated/α-hetero) is 2. The molecule has 0 aliphatic heterocycles. The van der Waals surface area contributed by atoms with Crippen molar-refractivity contribution in [2.45, 2.75) is 6.42 Å². The molecule has 0 aromatic heterocycles. The third-order valence-corrected chi connectivity index (χ3v) is 3.40. The van der Waals surface area contributed by atoms with E-state index < -0.39 is 0 Å². The number of nitrogens with zero attached hydrogens (tertiary/aromatic N) is 4. The summed E-state index contributed by atoms with van der Waals surface area (Å²) in [7, 11) is 6.60. The summed E-state index contributed by atoms with van der Waals surface area (Å²) < 4.78 is 0. The van der Waals surface area contributed by atoms with Crippen LogP contribution in [0.5, 0.6) is 0 Å². The summed E-state index contributed by atoms with van der Waals surface area (Å²) >= 11 is 9.59. The van der Waals surface area contributed by atoms with Gasteiger partial charge in [-0.1, -0.05) is 0 Å². The number of thiocarbonyl (C=S) groups is 2. The number of hydrogen-bond acceptors (Lipinski definition) is 6. The van der Waals surface area contributed by atoms with Gasteiger partial charge in [0.1, 0.15) is 0 Å². The van der Waals surface area contributed by atoms with Gasteiger partial charge in [-0.25, -0.2) is 10.0 Å². The number of likely N-dealkylation sites (N-methyl/N-ethyl adjacent to an activating group) is 2. The quantitative estimate of drug-likeness (QED) is 0.312. The van der Waals surface area contributed by atoms with Crippen molar-refractivity contribution in [2.24, 2.45) is 11.5 Å². The molecule has 0 heterocycles. The molecule has 0 saturated heterocycles. The molecule has 0 fully saturated rings. The molecule has 4 N–H and O–H groups in total. The smallest absolute Gasteiger partial charge is 0.180 e. The molecule has 0 radical (unpaired) electrons. The van der Waals surface area contributed by atoms with Gasteiger partial charge in [-0.2, -0.15) is 0 Å². The monoisotopic (exact) mass is 334 g/mol. The number of carbonyl (C=O) groups is 2. The van der Waals surface area contributed by atoms with Gasteiger partial charge < -0.3 is 11.5 Å². The predicted molar refractivity (Wildman–Crippen MR) is 89.0 cm³/mol. The molecule has 0 aliphatic carbocycles. The van der Waals surface area contributed by atoms with Gasteiger partial charge in [0, 0.05) is 28.2 Å². The highest BCUT2D eigenvalue weighted by Gasteiger charge is 2.17. The second kappa shape index (κ2) is 8.82. The van der Waals surface area contributed by atoms with Crippen molar-refractivity contribution in [3.05, 3.63) is 0 Å². The fraction of sp³-hybridized carbons (Fsp3) is 0.636. The van der Waals surface area contributed by atoms with Gasteiger partial charge in [0.15, 0.2) is 21.8 Å². The molecule has 0 rings (SSSR count). The minimum atomic E-state index is -0.225. The van der Waals surface area contributed by atoms with Crippen LogP contribution in [0.4, 0.5) is 0 Å². The van der Waals surface area contributed by atoms with E-state index in [1.54, 1.807) is 38.2 Å². The Balaban J connectivity index is 4.31. The number of hydrogen-bond donors (Lipinski definition) is 2. The molecule has 0 spiro atoms. The molecule has 120 valence electrons. The van der Waals surface area contributed by atoms with Crippen LogP contribution in [0.3, 0.4) is 0 Å². The Labute approximate surface area is 135 Å². The molecule has 0 atom stereocenters. The molecule has 8 nitrogen and oxygen atoms in total. The largest absolute Gasteiger partial charge is 0.375 e. The summed E-state index contributed by atoms with van der Waals surface area (Å²) in [4.78, 5) is 23.6. The second-order valence-corrected chi connectivity index (χ2v) is 5.45. The van der Waals surface area contributed by atoms with E-state index in [0.29, 0.717) is 0 Å². The topological polar surface area (TPSA) is 99.1 Å². The molecular formula is C11H22N6O2S2. The van der Waals surface area contributed by atoms with Crippen molar-refractivity contribution in [1.82, 2.24) is 20.0 Å². The van der Waals surface area contributed by atoms with E-state index in [2.05, 4.69) is 0 Å². The van der Waals surface area contributed by atoms with E-state index in [4.69, 9.17) is 35.9 Å². The lowest BCUT2D eigenvalue weighted by atomic mass is 10.2. The summed E-state index contributed by atoms with van der Waals surface area (Å²) in [5, 5.41) is 6.31.